The third kappa shape index (κ3) is 5.89. The smallest absolute Gasteiger partial charge is 0.162 e. The minimum atomic E-state index is -0.340. The van der Waals surface area contributed by atoms with Gasteiger partial charge >= 0.3 is 0 Å². The van der Waals surface area contributed by atoms with Crippen molar-refractivity contribution in [3.8, 4) is 22.6 Å². The zero-order valence-corrected chi connectivity index (χ0v) is 29.9. The van der Waals surface area contributed by atoms with Gasteiger partial charge < -0.3 is 14.2 Å². The quantitative estimate of drug-likeness (QED) is 0.170. The highest BCUT2D eigenvalue weighted by atomic mass is 16.3. The molecule has 0 saturated carbocycles. The van der Waals surface area contributed by atoms with Gasteiger partial charge in [0.15, 0.2) is 5.82 Å². The fourth-order valence-corrected chi connectivity index (χ4v) is 7.55. The average Bonchev–Trinajstić information content (AvgIpc) is 3.42. The standard InChI is InChI=1S/C46H42N4O/c1-6-16-39-44(46(3)26-15-14-20-34(30-46)49(39)4)40(27-32-18-8-7-9-19-32)50(5)43-29-38(35-21-11-10-17-31(35)2)47-45(48-43)33-24-25-42-37(28-33)36-22-12-13-23-41(36)51-42/h7-26,28-30H,6,27H2,1-5H3/b39-16+,44-40-. The molecule has 3 heterocycles. The molecular formula is C46H42N4O. The maximum absolute atomic E-state index is 6.18. The van der Waals surface area contributed by atoms with Crippen molar-refractivity contribution >= 4 is 27.8 Å². The molecule has 1 aliphatic heterocycles. The zero-order chi connectivity index (χ0) is 35.1. The molecular weight excluding hydrogens is 625 g/mol. The molecule has 5 heteroatoms. The first kappa shape index (κ1) is 32.3. The SMILES string of the molecule is CC/C=C1\C(=C(/Cc2ccccc2)N(C)c2cc(-c3ccccc3C)nc(-c3ccc4oc5ccccc5c4c3)n2)C2(C)C=CC=CC(=C2)N1C. The van der Waals surface area contributed by atoms with Crippen LogP contribution >= 0.6 is 0 Å². The molecule has 0 amide bonds. The number of hydrogen-bond donors (Lipinski definition) is 0. The summed E-state index contributed by atoms with van der Waals surface area (Å²) < 4.78 is 6.18. The van der Waals surface area contributed by atoms with E-state index < -0.39 is 0 Å². The molecule has 2 bridgehead atoms. The van der Waals surface area contributed by atoms with E-state index in [9.17, 15) is 0 Å². The average molecular weight is 667 g/mol. The molecule has 1 unspecified atom stereocenters. The number of benzene rings is 4. The number of anilines is 1. The number of rotatable bonds is 7. The number of nitrogens with zero attached hydrogens (tertiary/aromatic N) is 4. The lowest BCUT2D eigenvalue weighted by atomic mass is 9.74. The first-order valence-electron chi connectivity index (χ1n) is 17.7. The molecule has 0 saturated heterocycles. The summed E-state index contributed by atoms with van der Waals surface area (Å²) in [7, 11) is 4.34. The monoisotopic (exact) mass is 666 g/mol. The van der Waals surface area contributed by atoms with Gasteiger partial charge in [-0.15, -0.1) is 0 Å². The highest BCUT2D eigenvalue weighted by molar-refractivity contribution is 6.06. The van der Waals surface area contributed by atoms with Gasteiger partial charge in [-0.05, 0) is 67.8 Å². The van der Waals surface area contributed by atoms with Gasteiger partial charge in [-0.25, -0.2) is 9.97 Å². The first-order valence-corrected chi connectivity index (χ1v) is 17.7. The summed E-state index contributed by atoms with van der Waals surface area (Å²) in [6.07, 6.45) is 15.3. The van der Waals surface area contributed by atoms with Crippen LogP contribution in [-0.4, -0.2) is 29.0 Å². The van der Waals surface area contributed by atoms with E-state index in [2.05, 4.69) is 166 Å². The Morgan fingerprint density at radius 3 is 2.45 bits per heavy atom. The largest absolute Gasteiger partial charge is 0.456 e. The molecule has 2 aromatic heterocycles. The normalized spacial score (nSPS) is 18.7. The zero-order valence-electron chi connectivity index (χ0n) is 29.9. The van der Waals surface area contributed by atoms with Crippen molar-refractivity contribution in [3.05, 3.63) is 173 Å². The van der Waals surface area contributed by atoms with E-state index in [1.54, 1.807) is 0 Å². The molecule has 0 spiro atoms. The number of aryl methyl sites for hydroxylation is 1. The topological polar surface area (TPSA) is 45.4 Å². The van der Waals surface area contributed by atoms with E-state index in [4.69, 9.17) is 14.4 Å². The molecule has 252 valence electrons. The van der Waals surface area contributed by atoms with E-state index in [0.717, 1.165) is 57.4 Å². The van der Waals surface area contributed by atoms with Crippen LogP contribution in [0.3, 0.4) is 0 Å². The molecule has 6 aromatic rings. The van der Waals surface area contributed by atoms with Crippen LogP contribution in [-0.2, 0) is 6.42 Å². The third-order valence-corrected chi connectivity index (χ3v) is 10.2. The summed E-state index contributed by atoms with van der Waals surface area (Å²) in [5.74, 6) is 1.51. The van der Waals surface area contributed by atoms with Gasteiger partial charge in [0.1, 0.15) is 17.0 Å². The maximum atomic E-state index is 6.18. The number of hydrogen-bond acceptors (Lipinski definition) is 5. The minimum Gasteiger partial charge on any atom is -0.456 e. The van der Waals surface area contributed by atoms with Crippen LogP contribution in [0, 0.1) is 12.3 Å². The summed E-state index contributed by atoms with van der Waals surface area (Å²) in [5, 5.41) is 2.14. The summed E-state index contributed by atoms with van der Waals surface area (Å²) >= 11 is 0. The second-order valence-electron chi connectivity index (χ2n) is 13.7. The van der Waals surface area contributed by atoms with Crippen molar-refractivity contribution in [2.45, 2.75) is 33.6 Å². The maximum Gasteiger partial charge on any atom is 0.162 e. The molecule has 1 aliphatic carbocycles. The Morgan fingerprint density at radius 1 is 0.863 bits per heavy atom. The summed E-state index contributed by atoms with van der Waals surface area (Å²) in [5.41, 5.74) is 11.6. The fourth-order valence-electron chi connectivity index (χ4n) is 7.55. The van der Waals surface area contributed by atoms with E-state index in [0.29, 0.717) is 5.82 Å². The van der Waals surface area contributed by atoms with Gasteiger partial charge in [0.05, 0.1) is 5.69 Å². The Labute approximate surface area is 300 Å². The second kappa shape index (κ2) is 13.1. The van der Waals surface area contributed by atoms with Gasteiger partial charge in [0.2, 0.25) is 0 Å². The molecule has 0 fully saturated rings. The van der Waals surface area contributed by atoms with Crippen LogP contribution in [0.25, 0.3) is 44.6 Å². The van der Waals surface area contributed by atoms with Gasteiger partial charge in [0.25, 0.3) is 0 Å². The Bertz CT molecular complexity index is 2440. The molecule has 0 radical (unpaired) electrons. The van der Waals surface area contributed by atoms with Crippen molar-refractivity contribution in [2.75, 3.05) is 19.0 Å². The molecule has 1 atom stereocenters. The Balaban J connectivity index is 1.37. The minimum absolute atomic E-state index is 0.340. The number of likely N-dealkylation sites (N-methyl/N-ethyl adjacent to an activating group) is 2. The van der Waals surface area contributed by atoms with Crippen LogP contribution < -0.4 is 4.90 Å². The highest BCUT2D eigenvalue weighted by Gasteiger charge is 2.38. The van der Waals surface area contributed by atoms with Crippen molar-refractivity contribution in [3.63, 3.8) is 0 Å². The number of para-hydroxylation sites is 1. The van der Waals surface area contributed by atoms with Crippen molar-refractivity contribution in [1.82, 2.24) is 14.9 Å². The van der Waals surface area contributed by atoms with Crippen LogP contribution in [0.4, 0.5) is 5.82 Å². The third-order valence-electron chi connectivity index (χ3n) is 10.2. The lowest BCUT2D eigenvalue weighted by molar-refractivity contribution is 0.462. The summed E-state index contributed by atoms with van der Waals surface area (Å²) in [6.45, 7) is 6.69. The van der Waals surface area contributed by atoms with Crippen LogP contribution in [0.1, 0.15) is 31.4 Å². The van der Waals surface area contributed by atoms with Gasteiger partial charge in [0, 0.05) is 76.6 Å². The summed E-state index contributed by atoms with van der Waals surface area (Å²) in [4.78, 5) is 15.2. The number of allylic oxidation sites excluding steroid dienone is 8. The molecule has 8 rings (SSSR count). The predicted octanol–water partition coefficient (Wildman–Crippen LogP) is 11.2. The molecule has 51 heavy (non-hydrogen) atoms. The van der Waals surface area contributed by atoms with Gasteiger partial charge in [-0.2, -0.15) is 0 Å². The molecule has 2 aliphatic rings. The lowest BCUT2D eigenvalue weighted by Crippen LogP contribution is -2.35. The Morgan fingerprint density at radius 2 is 1.63 bits per heavy atom. The number of fused-ring (bicyclic) bond motifs is 4. The van der Waals surface area contributed by atoms with E-state index in [1.807, 2.05) is 18.2 Å². The van der Waals surface area contributed by atoms with Crippen LogP contribution in [0.5, 0.6) is 0 Å². The first-order chi connectivity index (χ1) is 24.8. The van der Waals surface area contributed by atoms with Gasteiger partial charge in [-0.3, -0.25) is 0 Å². The molecule has 5 nitrogen and oxygen atoms in total. The Kier molecular flexibility index (Phi) is 8.27. The molecule has 0 N–H and O–H groups in total. The van der Waals surface area contributed by atoms with E-state index in [-0.39, 0.29) is 5.41 Å². The van der Waals surface area contributed by atoms with E-state index in [1.165, 1.54) is 33.8 Å². The van der Waals surface area contributed by atoms with Crippen molar-refractivity contribution in [1.29, 1.82) is 0 Å². The number of furan rings is 1. The predicted molar refractivity (Wildman–Crippen MR) is 211 cm³/mol. The van der Waals surface area contributed by atoms with E-state index >= 15 is 0 Å². The number of aromatic nitrogens is 2. The summed E-state index contributed by atoms with van der Waals surface area (Å²) in [6, 6.07) is 35.8. The highest BCUT2D eigenvalue weighted by Crippen LogP contribution is 2.47. The van der Waals surface area contributed by atoms with Crippen molar-refractivity contribution < 1.29 is 4.42 Å². The lowest BCUT2D eigenvalue weighted by Gasteiger charge is -2.42. The van der Waals surface area contributed by atoms with Gasteiger partial charge in [-0.1, -0.05) is 104 Å². The fraction of sp³-hybridized carbons (Fsp3) is 0.174. The van der Waals surface area contributed by atoms with Crippen molar-refractivity contribution in [2.24, 2.45) is 5.41 Å². The van der Waals surface area contributed by atoms with Crippen LogP contribution in [0.15, 0.2) is 167 Å². The second-order valence-corrected chi connectivity index (χ2v) is 13.7. The van der Waals surface area contributed by atoms with Crippen LogP contribution in [0.2, 0.25) is 0 Å². The molecule has 4 aromatic carbocycles. The Hall–Kier alpha value is -5.94.